The lowest BCUT2D eigenvalue weighted by Gasteiger charge is -2.31. The molecule has 6 heteroatoms. The topological polar surface area (TPSA) is 53.8 Å². The van der Waals surface area contributed by atoms with E-state index < -0.39 is 0 Å². The van der Waals surface area contributed by atoms with Crippen LogP contribution >= 0.6 is 31.9 Å². The van der Waals surface area contributed by atoms with Gasteiger partial charge < -0.3 is 9.84 Å². The average molecular weight is 530 g/mol. The minimum Gasteiger partial charge on any atom is -0.508 e. The molecule has 0 saturated heterocycles. The molecule has 4 nitrogen and oxygen atoms in total. The Morgan fingerprint density at radius 1 is 1.00 bits per heavy atom. The van der Waals surface area contributed by atoms with E-state index in [1.807, 2.05) is 55.5 Å². The van der Waals surface area contributed by atoms with Crippen molar-refractivity contribution < 1.29 is 9.84 Å². The molecule has 30 heavy (non-hydrogen) atoms. The van der Waals surface area contributed by atoms with E-state index in [9.17, 15) is 5.11 Å². The van der Waals surface area contributed by atoms with Crippen LogP contribution in [0.5, 0.6) is 11.5 Å². The van der Waals surface area contributed by atoms with Gasteiger partial charge in [0, 0.05) is 32.7 Å². The zero-order chi connectivity index (χ0) is 21.1. The fraction of sp³-hybridized carbons (Fsp3) is 0.208. The predicted molar refractivity (Wildman–Crippen MR) is 127 cm³/mol. The average Bonchev–Trinajstić information content (AvgIpc) is 2.76. The Morgan fingerprint density at radius 2 is 1.70 bits per heavy atom. The van der Waals surface area contributed by atoms with Crippen molar-refractivity contribution in [2.45, 2.75) is 25.6 Å². The summed E-state index contributed by atoms with van der Waals surface area (Å²) in [7, 11) is 0. The molecule has 0 fully saturated rings. The number of phenols is 1. The molecule has 1 aliphatic heterocycles. The highest BCUT2D eigenvalue weighted by atomic mass is 79.9. The number of rotatable bonds is 5. The molecule has 4 rings (SSSR count). The molecule has 0 aromatic heterocycles. The number of aliphatic imine (C=N–C) groups is 1. The van der Waals surface area contributed by atoms with E-state index in [-0.39, 0.29) is 18.0 Å². The first-order valence-corrected chi connectivity index (χ1v) is 11.4. The summed E-state index contributed by atoms with van der Waals surface area (Å²) < 4.78 is 7.53. The van der Waals surface area contributed by atoms with E-state index in [1.54, 1.807) is 6.07 Å². The molecular formula is C24H22Br2N2O2. The smallest absolute Gasteiger partial charge is 0.126 e. The Hall–Kier alpha value is -2.15. The van der Waals surface area contributed by atoms with Crippen molar-refractivity contribution in [1.82, 2.24) is 5.32 Å². The number of nitrogens with zero attached hydrogens (tertiary/aromatic N) is 1. The van der Waals surface area contributed by atoms with Gasteiger partial charge in [-0.05, 0) is 72.6 Å². The van der Waals surface area contributed by atoms with Crippen molar-refractivity contribution in [2.24, 2.45) is 4.99 Å². The Bertz CT molecular complexity index is 1050. The van der Waals surface area contributed by atoms with Gasteiger partial charge in [0.15, 0.2) is 0 Å². The molecule has 0 bridgehead atoms. The van der Waals surface area contributed by atoms with Crippen LogP contribution in [0.1, 0.15) is 42.2 Å². The standard InChI is InChI=1S/C24H22Br2N2O2/c1-2-30-19-10-5-15(6-11-19)21-14-22(20-13-18(26)9-12-23(20)29)28-24(27-21)16-3-7-17(25)8-4-16/h3-13,22,24,28-29H,2,14H2,1H3. The first kappa shape index (κ1) is 21.1. The van der Waals surface area contributed by atoms with Crippen LogP contribution in [0.3, 0.4) is 0 Å². The van der Waals surface area contributed by atoms with Gasteiger partial charge in [-0.2, -0.15) is 0 Å². The molecule has 3 aromatic rings. The Kier molecular flexibility index (Phi) is 6.56. The molecule has 2 unspecified atom stereocenters. The highest BCUT2D eigenvalue weighted by Crippen LogP contribution is 2.36. The second kappa shape index (κ2) is 9.33. The molecule has 154 valence electrons. The van der Waals surface area contributed by atoms with Crippen LogP contribution in [0, 0.1) is 0 Å². The van der Waals surface area contributed by atoms with Gasteiger partial charge in [-0.15, -0.1) is 0 Å². The molecule has 3 aromatic carbocycles. The summed E-state index contributed by atoms with van der Waals surface area (Å²) in [6, 6.07) is 21.7. The minimum atomic E-state index is -0.211. The molecule has 0 spiro atoms. The summed E-state index contributed by atoms with van der Waals surface area (Å²) in [4.78, 5) is 5.01. The third kappa shape index (κ3) is 4.77. The highest BCUT2D eigenvalue weighted by Gasteiger charge is 2.27. The number of benzene rings is 3. The van der Waals surface area contributed by atoms with E-state index in [0.29, 0.717) is 13.0 Å². The van der Waals surface area contributed by atoms with Gasteiger partial charge in [-0.3, -0.25) is 10.3 Å². The first-order chi connectivity index (χ1) is 14.5. The number of ether oxygens (including phenoxy) is 1. The maximum absolute atomic E-state index is 10.5. The van der Waals surface area contributed by atoms with Crippen molar-refractivity contribution in [3.05, 3.63) is 92.4 Å². The lowest BCUT2D eigenvalue weighted by Crippen LogP contribution is -2.33. The fourth-order valence-corrected chi connectivity index (χ4v) is 4.25. The van der Waals surface area contributed by atoms with E-state index >= 15 is 0 Å². The van der Waals surface area contributed by atoms with Crippen LogP contribution in [0.4, 0.5) is 0 Å². The van der Waals surface area contributed by atoms with Crippen LogP contribution < -0.4 is 10.1 Å². The van der Waals surface area contributed by atoms with E-state index in [4.69, 9.17) is 9.73 Å². The molecule has 0 aliphatic carbocycles. The van der Waals surface area contributed by atoms with Gasteiger partial charge in [0.05, 0.1) is 6.61 Å². The van der Waals surface area contributed by atoms with E-state index in [2.05, 4.69) is 49.3 Å². The molecule has 0 amide bonds. The first-order valence-electron chi connectivity index (χ1n) is 9.83. The molecule has 0 radical (unpaired) electrons. The normalized spacial score (nSPS) is 18.7. The summed E-state index contributed by atoms with van der Waals surface area (Å²) in [5.74, 6) is 1.12. The van der Waals surface area contributed by atoms with Crippen molar-refractivity contribution in [3.8, 4) is 11.5 Å². The Morgan fingerprint density at radius 3 is 2.40 bits per heavy atom. The summed E-state index contributed by atoms with van der Waals surface area (Å²) in [6.07, 6.45) is 0.460. The van der Waals surface area contributed by atoms with E-state index in [0.717, 1.165) is 37.1 Å². The number of phenolic OH excluding ortho intramolecular Hbond substituents is 1. The molecule has 1 aliphatic rings. The Labute approximate surface area is 193 Å². The van der Waals surface area contributed by atoms with Gasteiger partial charge in [-0.1, -0.05) is 44.0 Å². The zero-order valence-corrected chi connectivity index (χ0v) is 19.7. The van der Waals surface area contributed by atoms with Crippen LogP contribution in [0.25, 0.3) is 0 Å². The molecular weight excluding hydrogens is 508 g/mol. The Balaban J connectivity index is 1.72. The third-order valence-corrected chi connectivity index (χ3v) is 6.11. The van der Waals surface area contributed by atoms with E-state index in [1.165, 1.54) is 0 Å². The largest absolute Gasteiger partial charge is 0.508 e. The summed E-state index contributed by atoms with van der Waals surface area (Å²) in [5, 5.41) is 14.1. The van der Waals surface area contributed by atoms with Crippen molar-refractivity contribution in [2.75, 3.05) is 6.61 Å². The second-order valence-electron chi connectivity index (χ2n) is 7.11. The maximum Gasteiger partial charge on any atom is 0.126 e. The van der Waals surface area contributed by atoms with Gasteiger partial charge in [0.1, 0.15) is 17.7 Å². The van der Waals surface area contributed by atoms with Crippen LogP contribution in [-0.2, 0) is 0 Å². The fourth-order valence-electron chi connectivity index (χ4n) is 3.61. The number of hydrogen-bond donors (Lipinski definition) is 2. The number of hydrogen-bond acceptors (Lipinski definition) is 4. The predicted octanol–water partition coefficient (Wildman–Crippen LogP) is 6.54. The quantitative estimate of drug-likeness (QED) is 0.394. The van der Waals surface area contributed by atoms with Gasteiger partial charge in [-0.25, -0.2) is 0 Å². The number of aromatic hydroxyl groups is 1. The number of halogens is 2. The molecule has 0 saturated carbocycles. The summed E-state index contributed by atoms with van der Waals surface area (Å²) in [5.41, 5.74) is 3.97. The maximum atomic E-state index is 10.5. The van der Waals surface area contributed by atoms with Crippen molar-refractivity contribution in [3.63, 3.8) is 0 Å². The second-order valence-corrected chi connectivity index (χ2v) is 8.95. The third-order valence-electron chi connectivity index (χ3n) is 5.09. The zero-order valence-electron chi connectivity index (χ0n) is 16.5. The summed E-state index contributed by atoms with van der Waals surface area (Å²) >= 11 is 7.02. The lowest BCUT2D eigenvalue weighted by molar-refractivity contribution is 0.340. The lowest BCUT2D eigenvalue weighted by atomic mass is 9.93. The van der Waals surface area contributed by atoms with Gasteiger partial charge >= 0.3 is 0 Å². The SMILES string of the molecule is CCOc1ccc(C2=NC(c3ccc(Br)cc3)NC(c3cc(Br)ccc3O)C2)cc1. The summed E-state index contributed by atoms with van der Waals surface area (Å²) in [6.45, 7) is 2.61. The van der Waals surface area contributed by atoms with Crippen molar-refractivity contribution >= 4 is 37.6 Å². The van der Waals surface area contributed by atoms with Crippen molar-refractivity contribution in [1.29, 1.82) is 0 Å². The molecule has 1 heterocycles. The van der Waals surface area contributed by atoms with Crippen LogP contribution in [0.15, 0.2) is 80.7 Å². The number of nitrogens with one attached hydrogen (secondary N) is 1. The monoisotopic (exact) mass is 528 g/mol. The highest BCUT2D eigenvalue weighted by molar-refractivity contribution is 9.10. The van der Waals surface area contributed by atoms with Gasteiger partial charge in [0.25, 0.3) is 0 Å². The molecule has 2 N–H and O–H groups in total. The van der Waals surface area contributed by atoms with Crippen LogP contribution in [0.2, 0.25) is 0 Å². The molecule has 2 atom stereocenters. The van der Waals surface area contributed by atoms with Crippen LogP contribution in [-0.4, -0.2) is 17.4 Å². The minimum absolute atomic E-state index is 0.0739. The van der Waals surface area contributed by atoms with Gasteiger partial charge in [0.2, 0.25) is 0 Å².